The molecule has 0 fully saturated rings. The van der Waals surface area contributed by atoms with Gasteiger partial charge in [-0.1, -0.05) is 6.07 Å². The second-order valence-corrected chi connectivity index (χ2v) is 3.74. The lowest BCUT2D eigenvalue weighted by Crippen LogP contribution is -1.98. The molecule has 1 heterocycles. The first-order chi connectivity index (χ1) is 9.13. The van der Waals surface area contributed by atoms with Crippen LogP contribution in [0.1, 0.15) is 5.56 Å². The molecule has 0 radical (unpaired) electrons. The van der Waals surface area contributed by atoms with Gasteiger partial charge in [0.1, 0.15) is 11.5 Å². The van der Waals surface area contributed by atoms with E-state index in [-0.39, 0.29) is 11.8 Å². The summed E-state index contributed by atoms with van der Waals surface area (Å²) in [6, 6.07) is 6.60. The number of aromatic nitrogens is 2. The molecule has 0 saturated heterocycles. The molecule has 0 aliphatic rings. The largest absolute Gasteiger partial charge is 0.508 e. The predicted molar refractivity (Wildman–Crippen MR) is 68.1 cm³/mol. The zero-order valence-electron chi connectivity index (χ0n) is 10.9. The Kier molecular flexibility index (Phi) is 3.70. The SMILES string of the molecule is COc1cc(OC)nc(Oc2cccc(O)c2C)n1. The molecule has 2 aromatic rings. The Balaban J connectivity index is 2.34. The number of hydrogen-bond donors (Lipinski definition) is 1. The van der Waals surface area contributed by atoms with Gasteiger partial charge in [0.25, 0.3) is 0 Å². The first-order valence-electron chi connectivity index (χ1n) is 5.57. The second kappa shape index (κ2) is 5.43. The predicted octanol–water partition coefficient (Wildman–Crippen LogP) is 2.30. The van der Waals surface area contributed by atoms with Gasteiger partial charge in [0, 0.05) is 5.56 Å². The fourth-order valence-electron chi connectivity index (χ4n) is 1.45. The molecule has 1 aromatic carbocycles. The van der Waals surface area contributed by atoms with Crippen molar-refractivity contribution >= 4 is 0 Å². The fraction of sp³-hybridized carbons (Fsp3) is 0.231. The van der Waals surface area contributed by atoms with Crippen LogP contribution in [0.3, 0.4) is 0 Å². The Morgan fingerprint density at radius 1 is 1.05 bits per heavy atom. The molecule has 0 spiro atoms. The van der Waals surface area contributed by atoms with Gasteiger partial charge in [0.15, 0.2) is 0 Å². The lowest BCUT2D eigenvalue weighted by Gasteiger charge is -2.09. The van der Waals surface area contributed by atoms with E-state index in [2.05, 4.69) is 9.97 Å². The average molecular weight is 262 g/mol. The van der Waals surface area contributed by atoms with Crippen molar-refractivity contribution in [3.05, 3.63) is 29.8 Å². The summed E-state index contributed by atoms with van der Waals surface area (Å²) in [5.74, 6) is 1.28. The Morgan fingerprint density at radius 3 is 2.26 bits per heavy atom. The van der Waals surface area contributed by atoms with Gasteiger partial charge in [-0.25, -0.2) is 0 Å². The van der Waals surface area contributed by atoms with E-state index >= 15 is 0 Å². The number of phenolic OH excluding ortho intramolecular Hbond substituents is 1. The summed E-state index contributed by atoms with van der Waals surface area (Å²) < 4.78 is 15.6. The molecule has 0 atom stereocenters. The molecule has 100 valence electrons. The van der Waals surface area contributed by atoms with Crippen LogP contribution in [-0.2, 0) is 0 Å². The van der Waals surface area contributed by atoms with Gasteiger partial charge in [-0.05, 0) is 19.1 Å². The standard InChI is InChI=1S/C13H14N2O4/c1-8-9(16)5-4-6-10(8)19-13-14-11(17-2)7-12(15-13)18-3/h4-7,16H,1-3H3. The lowest BCUT2D eigenvalue weighted by atomic mass is 10.2. The van der Waals surface area contributed by atoms with Crippen molar-refractivity contribution in [2.45, 2.75) is 6.92 Å². The highest BCUT2D eigenvalue weighted by atomic mass is 16.5. The summed E-state index contributed by atoms with van der Waals surface area (Å²) in [6.07, 6.45) is 0. The van der Waals surface area contributed by atoms with Crippen LogP contribution in [0.25, 0.3) is 0 Å². The molecule has 2 rings (SSSR count). The number of hydrogen-bond acceptors (Lipinski definition) is 6. The molecular weight excluding hydrogens is 248 g/mol. The Morgan fingerprint density at radius 2 is 1.68 bits per heavy atom. The van der Waals surface area contributed by atoms with Gasteiger partial charge in [-0.15, -0.1) is 0 Å². The van der Waals surface area contributed by atoms with Crippen LogP contribution in [0.4, 0.5) is 0 Å². The van der Waals surface area contributed by atoms with Crippen LogP contribution in [0, 0.1) is 6.92 Å². The van der Waals surface area contributed by atoms with Gasteiger partial charge in [-0.3, -0.25) is 0 Å². The van der Waals surface area contributed by atoms with E-state index in [9.17, 15) is 5.11 Å². The van der Waals surface area contributed by atoms with Gasteiger partial charge in [0.05, 0.1) is 20.3 Å². The highest BCUT2D eigenvalue weighted by molar-refractivity contribution is 5.43. The summed E-state index contributed by atoms with van der Waals surface area (Å²) in [7, 11) is 2.98. The summed E-state index contributed by atoms with van der Waals surface area (Å²) >= 11 is 0. The summed E-state index contributed by atoms with van der Waals surface area (Å²) in [5, 5.41) is 9.61. The molecule has 1 N–H and O–H groups in total. The zero-order chi connectivity index (χ0) is 13.8. The summed E-state index contributed by atoms with van der Waals surface area (Å²) in [5.41, 5.74) is 0.605. The first kappa shape index (κ1) is 12.9. The maximum absolute atomic E-state index is 9.61. The molecular formula is C13H14N2O4. The first-order valence-corrected chi connectivity index (χ1v) is 5.57. The van der Waals surface area contributed by atoms with Crippen molar-refractivity contribution in [2.24, 2.45) is 0 Å². The maximum Gasteiger partial charge on any atom is 0.328 e. The van der Waals surface area contributed by atoms with Crippen molar-refractivity contribution < 1.29 is 19.3 Å². The third-order valence-electron chi connectivity index (χ3n) is 2.53. The molecule has 0 aliphatic heterocycles. The van der Waals surface area contributed by atoms with E-state index in [1.54, 1.807) is 31.2 Å². The number of ether oxygens (including phenoxy) is 3. The number of rotatable bonds is 4. The van der Waals surface area contributed by atoms with Crippen molar-refractivity contribution in [3.8, 4) is 29.3 Å². The monoisotopic (exact) mass is 262 g/mol. The molecule has 0 unspecified atom stereocenters. The minimum atomic E-state index is 0.0879. The average Bonchev–Trinajstić information content (AvgIpc) is 2.43. The van der Waals surface area contributed by atoms with Crippen LogP contribution < -0.4 is 14.2 Å². The normalized spacial score (nSPS) is 10.1. The Bertz CT molecular complexity index is 565. The van der Waals surface area contributed by atoms with Crippen molar-refractivity contribution in [2.75, 3.05) is 14.2 Å². The molecule has 19 heavy (non-hydrogen) atoms. The van der Waals surface area contributed by atoms with Crippen LogP contribution in [0.15, 0.2) is 24.3 Å². The zero-order valence-corrected chi connectivity index (χ0v) is 10.9. The van der Waals surface area contributed by atoms with Gasteiger partial charge in [-0.2, -0.15) is 9.97 Å². The quantitative estimate of drug-likeness (QED) is 0.911. The van der Waals surface area contributed by atoms with E-state index in [0.717, 1.165) is 0 Å². The van der Waals surface area contributed by atoms with Gasteiger partial charge in [0.2, 0.25) is 11.8 Å². The number of phenols is 1. The minimum Gasteiger partial charge on any atom is -0.508 e. The topological polar surface area (TPSA) is 73.7 Å². The van der Waals surface area contributed by atoms with E-state index in [0.29, 0.717) is 23.1 Å². The maximum atomic E-state index is 9.61. The molecule has 0 aliphatic carbocycles. The molecule has 0 amide bonds. The highest BCUT2D eigenvalue weighted by Gasteiger charge is 2.10. The number of nitrogens with zero attached hydrogens (tertiary/aromatic N) is 2. The van der Waals surface area contributed by atoms with E-state index in [1.807, 2.05) is 0 Å². The third kappa shape index (κ3) is 2.85. The molecule has 6 nitrogen and oxygen atoms in total. The molecule has 6 heteroatoms. The van der Waals surface area contributed by atoms with Crippen molar-refractivity contribution in [3.63, 3.8) is 0 Å². The number of benzene rings is 1. The van der Waals surface area contributed by atoms with Crippen LogP contribution in [-0.4, -0.2) is 29.3 Å². The van der Waals surface area contributed by atoms with Gasteiger partial charge < -0.3 is 19.3 Å². The smallest absolute Gasteiger partial charge is 0.328 e. The number of methoxy groups -OCH3 is 2. The van der Waals surface area contributed by atoms with Crippen molar-refractivity contribution in [1.82, 2.24) is 9.97 Å². The Hall–Kier alpha value is -2.50. The highest BCUT2D eigenvalue weighted by Crippen LogP contribution is 2.30. The lowest BCUT2D eigenvalue weighted by molar-refractivity contribution is 0.346. The fourth-order valence-corrected chi connectivity index (χ4v) is 1.45. The molecule has 0 bridgehead atoms. The minimum absolute atomic E-state index is 0.0879. The third-order valence-corrected chi connectivity index (χ3v) is 2.53. The van der Waals surface area contributed by atoms with E-state index in [1.165, 1.54) is 14.2 Å². The summed E-state index contributed by atoms with van der Waals surface area (Å²) in [4.78, 5) is 8.10. The van der Waals surface area contributed by atoms with Gasteiger partial charge >= 0.3 is 6.01 Å². The van der Waals surface area contributed by atoms with E-state index in [4.69, 9.17) is 14.2 Å². The van der Waals surface area contributed by atoms with E-state index < -0.39 is 0 Å². The van der Waals surface area contributed by atoms with Crippen LogP contribution in [0.2, 0.25) is 0 Å². The molecule has 1 aromatic heterocycles. The van der Waals surface area contributed by atoms with Crippen LogP contribution >= 0.6 is 0 Å². The van der Waals surface area contributed by atoms with Crippen LogP contribution in [0.5, 0.6) is 29.3 Å². The number of aromatic hydroxyl groups is 1. The van der Waals surface area contributed by atoms with Crippen molar-refractivity contribution in [1.29, 1.82) is 0 Å². The molecule has 0 saturated carbocycles. The Labute approximate surface area is 110 Å². The second-order valence-electron chi connectivity index (χ2n) is 3.74. The summed E-state index contributed by atoms with van der Waals surface area (Å²) in [6.45, 7) is 1.74.